The first-order valence-electron chi connectivity index (χ1n) is 8.70. The molecule has 0 aliphatic rings. The number of benzene rings is 2. The molecule has 0 unspecified atom stereocenters. The van der Waals surface area contributed by atoms with Crippen molar-refractivity contribution < 1.29 is 14.7 Å². The fraction of sp³-hybridized carbons (Fsp3) is 0.136. The second-order valence-electron chi connectivity index (χ2n) is 6.40. The Labute approximate surface area is 167 Å². The van der Waals surface area contributed by atoms with Crippen LogP contribution in [0.3, 0.4) is 0 Å². The van der Waals surface area contributed by atoms with Crippen molar-refractivity contribution in [1.82, 2.24) is 4.98 Å². The number of anilines is 2. The van der Waals surface area contributed by atoms with Crippen LogP contribution in [-0.4, -0.2) is 21.8 Å². The van der Waals surface area contributed by atoms with Crippen molar-refractivity contribution >= 4 is 39.9 Å². The number of aromatic nitrogens is 1. The summed E-state index contributed by atoms with van der Waals surface area (Å²) >= 11 is 1.34. The van der Waals surface area contributed by atoms with Gasteiger partial charge in [0.15, 0.2) is 10.9 Å². The van der Waals surface area contributed by atoms with E-state index in [9.17, 15) is 14.7 Å². The molecule has 28 heavy (non-hydrogen) atoms. The molecule has 142 valence electrons. The predicted octanol–water partition coefficient (Wildman–Crippen LogP) is 5.05. The number of carbonyl (C=O) groups is 2. The fourth-order valence-electron chi connectivity index (χ4n) is 2.92. The van der Waals surface area contributed by atoms with Crippen LogP contribution in [0.4, 0.5) is 10.8 Å². The van der Waals surface area contributed by atoms with Crippen LogP contribution in [0.5, 0.6) is 5.75 Å². The Balaban J connectivity index is 1.88. The highest BCUT2D eigenvalue weighted by Gasteiger charge is 2.21. The van der Waals surface area contributed by atoms with E-state index in [0.717, 1.165) is 16.8 Å². The summed E-state index contributed by atoms with van der Waals surface area (Å²) in [6.07, 6.45) is 3.01. The van der Waals surface area contributed by atoms with Gasteiger partial charge in [-0.25, -0.2) is 4.98 Å². The molecule has 1 aromatic heterocycles. The molecule has 2 aromatic carbocycles. The molecule has 1 amide bonds. The van der Waals surface area contributed by atoms with Crippen molar-refractivity contribution in [3.05, 3.63) is 76.3 Å². The molecule has 0 saturated carbocycles. The summed E-state index contributed by atoms with van der Waals surface area (Å²) in [5, 5.41) is 11.8. The zero-order valence-corrected chi connectivity index (χ0v) is 16.7. The Hall–Kier alpha value is -3.25. The van der Waals surface area contributed by atoms with E-state index in [-0.39, 0.29) is 17.4 Å². The third kappa shape index (κ3) is 4.18. The van der Waals surface area contributed by atoms with Crippen molar-refractivity contribution in [2.75, 3.05) is 4.90 Å². The Morgan fingerprint density at radius 1 is 1.11 bits per heavy atom. The average molecular weight is 392 g/mol. The number of nitrogens with zero attached hydrogens (tertiary/aromatic N) is 2. The van der Waals surface area contributed by atoms with E-state index in [0.29, 0.717) is 16.4 Å². The minimum atomic E-state index is -0.233. The van der Waals surface area contributed by atoms with E-state index in [1.807, 2.05) is 32.0 Å². The van der Waals surface area contributed by atoms with Gasteiger partial charge in [0.2, 0.25) is 5.91 Å². The largest absolute Gasteiger partial charge is 0.508 e. The lowest BCUT2D eigenvalue weighted by Crippen LogP contribution is -2.24. The number of hydrogen-bond acceptors (Lipinski definition) is 5. The van der Waals surface area contributed by atoms with Gasteiger partial charge < -0.3 is 5.11 Å². The van der Waals surface area contributed by atoms with E-state index < -0.39 is 0 Å². The maximum atomic E-state index is 12.3. The van der Waals surface area contributed by atoms with Gasteiger partial charge in [0.05, 0.1) is 11.4 Å². The number of amides is 1. The third-order valence-corrected chi connectivity index (χ3v) is 5.06. The first-order valence-corrected chi connectivity index (χ1v) is 9.58. The van der Waals surface area contributed by atoms with Crippen LogP contribution in [0, 0.1) is 13.8 Å². The van der Waals surface area contributed by atoms with Gasteiger partial charge in [0.25, 0.3) is 0 Å². The Kier molecular flexibility index (Phi) is 5.70. The van der Waals surface area contributed by atoms with Gasteiger partial charge in [-0.2, -0.15) is 0 Å². The van der Waals surface area contributed by atoms with Gasteiger partial charge in [-0.3, -0.25) is 14.5 Å². The highest BCUT2D eigenvalue weighted by molar-refractivity contribution is 7.14. The van der Waals surface area contributed by atoms with E-state index in [2.05, 4.69) is 4.98 Å². The van der Waals surface area contributed by atoms with Crippen LogP contribution in [0.25, 0.3) is 6.08 Å². The minimum Gasteiger partial charge on any atom is -0.508 e. The molecule has 0 radical (unpaired) electrons. The molecule has 0 aliphatic heterocycles. The molecule has 1 heterocycles. The summed E-state index contributed by atoms with van der Waals surface area (Å²) in [6, 6.07) is 12.1. The number of carbonyl (C=O) groups excluding carboxylic acids is 2. The van der Waals surface area contributed by atoms with Crippen LogP contribution in [-0.2, 0) is 4.79 Å². The van der Waals surface area contributed by atoms with Crippen molar-refractivity contribution in [2.45, 2.75) is 20.8 Å². The zero-order chi connectivity index (χ0) is 20.3. The first kappa shape index (κ1) is 19.5. The lowest BCUT2D eigenvalue weighted by molar-refractivity contribution is -0.115. The fourth-order valence-corrected chi connectivity index (χ4v) is 3.76. The van der Waals surface area contributed by atoms with Crippen LogP contribution < -0.4 is 4.90 Å². The van der Waals surface area contributed by atoms with Gasteiger partial charge >= 0.3 is 0 Å². The van der Waals surface area contributed by atoms with Crippen molar-refractivity contribution in [3.63, 3.8) is 0 Å². The molecular formula is C22H20N2O3S. The molecule has 0 aliphatic carbocycles. The summed E-state index contributed by atoms with van der Waals surface area (Å²) < 4.78 is 0. The number of rotatable bonds is 5. The topological polar surface area (TPSA) is 70.5 Å². The molecule has 3 aromatic rings. The number of para-hydroxylation sites is 1. The molecule has 0 bridgehead atoms. The number of aromatic hydroxyl groups is 1. The Bertz CT molecular complexity index is 1050. The molecule has 1 N–H and O–H groups in total. The van der Waals surface area contributed by atoms with Crippen molar-refractivity contribution in [1.29, 1.82) is 0 Å². The summed E-state index contributed by atoms with van der Waals surface area (Å²) in [5.41, 5.74) is 3.79. The summed E-state index contributed by atoms with van der Waals surface area (Å²) in [7, 11) is 0. The van der Waals surface area contributed by atoms with E-state index >= 15 is 0 Å². The summed E-state index contributed by atoms with van der Waals surface area (Å²) in [5.74, 6) is -0.317. The quantitative estimate of drug-likeness (QED) is 0.487. The van der Waals surface area contributed by atoms with E-state index in [1.165, 1.54) is 36.5 Å². The highest BCUT2D eigenvalue weighted by Crippen LogP contribution is 2.33. The maximum absolute atomic E-state index is 12.3. The number of aryl methyl sites for hydroxylation is 2. The number of allylic oxidation sites excluding steroid dienone is 1. The van der Waals surface area contributed by atoms with Crippen molar-refractivity contribution in [2.24, 2.45) is 0 Å². The summed E-state index contributed by atoms with van der Waals surface area (Å²) in [4.78, 5) is 30.7. The summed E-state index contributed by atoms with van der Waals surface area (Å²) in [6.45, 7) is 5.43. The van der Waals surface area contributed by atoms with Crippen LogP contribution in [0.15, 0.2) is 53.9 Å². The minimum absolute atomic E-state index is 0.0425. The second kappa shape index (κ2) is 8.19. The smallest absolute Gasteiger partial charge is 0.230 e. The predicted molar refractivity (Wildman–Crippen MR) is 112 cm³/mol. The van der Waals surface area contributed by atoms with Gasteiger partial charge in [-0.05, 0) is 49.3 Å². The number of thiazole rings is 1. The molecule has 6 heteroatoms. The van der Waals surface area contributed by atoms with Crippen molar-refractivity contribution in [3.8, 4) is 5.75 Å². The number of ketones is 1. The standard InChI is InChI=1S/C22H20N2O3S/c1-14-6-4-7-15(2)21(14)24(16(3)25)22-23-18(13-28-22)10-11-20(27)17-8-5-9-19(26)12-17/h4-13,26H,1-3H3/b11-10+. The Morgan fingerprint density at radius 2 is 1.79 bits per heavy atom. The maximum Gasteiger partial charge on any atom is 0.230 e. The van der Waals surface area contributed by atoms with Gasteiger partial charge in [-0.15, -0.1) is 11.3 Å². The van der Waals surface area contributed by atoms with Crippen LogP contribution >= 0.6 is 11.3 Å². The van der Waals surface area contributed by atoms with Gasteiger partial charge in [0, 0.05) is 17.9 Å². The number of phenolic OH excluding ortho intramolecular Hbond substituents is 1. The molecule has 0 spiro atoms. The zero-order valence-electron chi connectivity index (χ0n) is 15.8. The van der Waals surface area contributed by atoms with E-state index in [4.69, 9.17) is 0 Å². The molecule has 0 fully saturated rings. The van der Waals surface area contributed by atoms with Crippen LogP contribution in [0.1, 0.15) is 34.1 Å². The molecule has 0 atom stereocenters. The lowest BCUT2D eigenvalue weighted by Gasteiger charge is -2.22. The van der Waals surface area contributed by atoms with E-state index in [1.54, 1.807) is 28.5 Å². The SMILES string of the molecule is CC(=O)N(c1nc(/C=C/C(=O)c2cccc(O)c2)cs1)c1c(C)cccc1C. The first-order chi connectivity index (χ1) is 13.4. The molecular weight excluding hydrogens is 372 g/mol. The number of phenols is 1. The van der Waals surface area contributed by atoms with Gasteiger partial charge in [0.1, 0.15) is 5.75 Å². The number of hydrogen-bond donors (Lipinski definition) is 1. The highest BCUT2D eigenvalue weighted by atomic mass is 32.1. The molecule has 0 saturated heterocycles. The van der Waals surface area contributed by atoms with Crippen LogP contribution in [0.2, 0.25) is 0 Å². The monoisotopic (exact) mass is 392 g/mol. The third-order valence-electron chi connectivity index (χ3n) is 4.22. The normalized spacial score (nSPS) is 11.0. The average Bonchev–Trinajstić information content (AvgIpc) is 3.11. The Morgan fingerprint density at radius 3 is 2.43 bits per heavy atom. The second-order valence-corrected chi connectivity index (χ2v) is 7.23. The lowest BCUT2D eigenvalue weighted by atomic mass is 10.1. The molecule has 3 rings (SSSR count). The van der Waals surface area contributed by atoms with Gasteiger partial charge in [-0.1, -0.05) is 30.3 Å². The molecule has 5 nitrogen and oxygen atoms in total.